The summed E-state index contributed by atoms with van der Waals surface area (Å²) in [6.45, 7) is 0. The number of hydrogen-bond acceptors (Lipinski definition) is 2. The van der Waals surface area contributed by atoms with Gasteiger partial charge in [-0.2, -0.15) is 0 Å². The van der Waals surface area contributed by atoms with Gasteiger partial charge in [-0.25, -0.2) is 0 Å². The molecule has 2 N–H and O–H groups in total. The molecule has 98 valence electrons. The van der Waals surface area contributed by atoms with E-state index < -0.39 is 12.1 Å². The van der Waals surface area contributed by atoms with Crippen molar-refractivity contribution in [3.8, 4) is 11.1 Å². The van der Waals surface area contributed by atoms with E-state index in [1.807, 2.05) is 54.6 Å². The van der Waals surface area contributed by atoms with Crippen LogP contribution in [-0.4, -0.2) is 22.3 Å². The quantitative estimate of drug-likeness (QED) is 0.864. The lowest BCUT2D eigenvalue weighted by Gasteiger charge is -2.09. The highest BCUT2D eigenvalue weighted by Gasteiger charge is 2.10. The molecule has 0 radical (unpaired) electrons. The minimum Gasteiger partial charge on any atom is -0.481 e. The lowest BCUT2D eigenvalue weighted by atomic mass is 9.99. The van der Waals surface area contributed by atoms with Crippen molar-refractivity contribution in [3.63, 3.8) is 0 Å². The first-order valence-corrected chi connectivity index (χ1v) is 6.19. The van der Waals surface area contributed by atoms with Crippen LogP contribution in [0.1, 0.15) is 12.0 Å². The van der Waals surface area contributed by atoms with Gasteiger partial charge in [-0.1, -0.05) is 54.6 Å². The van der Waals surface area contributed by atoms with Crippen LogP contribution in [0.25, 0.3) is 11.1 Å². The van der Waals surface area contributed by atoms with Gasteiger partial charge in [0, 0.05) is 0 Å². The Balaban J connectivity index is 2.14. The number of benzene rings is 2. The van der Waals surface area contributed by atoms with Crippen LogP contribution in [0.3, 0.4) is 0 Å². The SMILES string of the molecule is O=C(O)C[C@@H](O)Cc1cccc(-c2ccccc2)c1. The van der Waals surface area contributed by atoms with Gasteiger partial charge in [0.25, 0.3) is 0 Å². The summed E-state index contributed by atoms with van der Waals surface area (Å²) in [4.78, 5) is 10.5. The molecule has 0 aliphatic carbocycles. The molecule has 2 aromatic rings. The Hall–Kier alpha value is -2.13. The monoisotopic (exact) mass is 256 g/mol. The molecular weight excluding hydrogens is 240 g/mol. The number of carbonyl (C=O) groups is 1. The molecule has 0 amide bonds. The average Bonchev–Trinajstić information content (AvgIpc) is 2.39. The molecule has 1 atom stereocenters. The second-order valence-electron chi connectivity index (χ2n) is 4.52. The first kappa shape index (κ1) is 13.3. The Kier molecular flexibility index (Phi) is 4.31. The lowest BCUT2D eigenvalue weighted by molar-refractivity contribution is -0.139. The number of carboxylic acids is 1. The van der Waals surface area contributed by atoms with Crippen LogP contribution in [0, 0.1) is 0 Å². The molecule has 0 unspecified atom stereocenters. The van der Waals surface area contributed by atoms with Crippen molar-refractivity contribution in [3.05, 3.63) is 60.2 Å². The number of aliphatic carboxylic acids is 1. The molecule has 0 aliphatic rings. The summed E-state index contributed by atoms with van der Waals surface area (Å²) in [5.74, 6) is -0.980. The number of aliphatic hydroxyl groups excluding tert-OH is 1. The highest BCUT2D eigenvalue weighted by Crippen LogP contribution is 2.20. The van der Waals surface area contributed by atoms with Crippen LogP contribution >= 0.6 is 0 Å². The largest absolute Gasteiger partial charge is 0.481 e. The van der Waals surface area contributed by atoms with Crippen molar-refractivity contribution in [2.75, 3.05) is 0 Å². The number of carboxylic acid groups (broad SMARTS) is 1. The fraction of sp³-hybridized carbons (Fsp3) is 0.188. The molecule has 2 rings (SSSR count). The zero-order chi connectivity index (χ0) is 13.7. The molecule has 0 spiro atoms. The highest BCUT2D eigenvalue weighted by molar-refractivity contribution is 5.67. The van der Waals surface area contributed by atoms with E-state index in [0.717, 1.165) is 16.7 Å². The van der Waals surface area contributed by atoms with E-state index in [0.29, 0.717) is 6.42 Å². The van der Waals surface area contributed by atoms with Gasteiger partial charge in [0.05, 0.1) is 12.5 Å². The zero-order valence-electron chi connectivity index (χ0n) is 10.5. The minimum absolute atomic E-state index is 0.227. The van der Waals surface area contributed by atoms with Crippen LogP contribution in [0.2, 0.25) is 0 Å². The van der Waals surface area contributed by atoms with Crippen LogP contribution in [-0.2, 0) is 11.2 Å². The van der Waals surface area contributed by atoms with E-state index in [9.17, 15) is 9.90 Å². The molecule has 0 bridgehead atoms. The average molecular weight is 256 g/mol. The smallest absolute Gasteiger partial charge is 0.305 e. The number of rotatable bonds is 5. The zero-order valence-corrected chi connectivity index (χ0v) is 10.5. The Bertz CT molecular complexity index is 549. The van der Waals surface area contributed by atoms with Crippen molar-refractivity contribution in [2.24, 2.45) is 0 Å². The topological polar surface area (TPSA) is 57.5 Å². The van der Waals surface area contributed by atoms with Crippen LogP contribution in [0.15, 0.2) is 54.6 Å². The molecule has 0 heterocycles. The maximum Gasteiger partial charge on any atom is 0.305 e. The van der Waals surface area contributed by atoms with Gasteiger partial charge < -0.3 is 10.2 Å². The van der Waals surface area contributed by atoms with E-state index >= 15 is 0 Å². The minimum atomic E-state index is -0.980. The molecule has 2 aromatic carbocycles. The van der Waals surface area contributed by atoms with E-state index in [2.05, 4.69) is 0 Å². The van der Waals surface area contributed by atoms with E-state index in [1.54, 1.807) is 0 Å². The predicted molar refractivity (Wildman–Crippen MR) is 73.8 cm³/mol. The third kappa shape index (κ3) is 3.93. The van der Waals surface area contributed by atoms with E-state index in [-0.39, 0.29) is 6.42 Å². The van der Waals surface area contributed by atoms with Crippen molar-refractivity contribution >= 4 is 5.97 Å². The maximum atomic E-state index is 10.5. The third-order valence-electron chi connectivity index (χ3n) is 2.92. The maximum absolute atomic E-state index is 10.5. The fourth-order valence-corrected chi connectivity index (χ4v) is 2.05. The summed E-state index contributed by atoms with van der Waals surface area (Å²) in [6.07, 6.45) is -0.716. The van der Waals surface area contributed by atoms with Gasteiger partial charge >= 0.3 is 5.97 Å². The Morgan fingerprint density at radius 1 is 1.00 bits per heavy atom. The first-order valence-electron chi connectivity index (χ1n) is 6.19. The summed E-state index contributed by atoms with van der Waals surface area (Å²) in [6, 6.07) is 17.8. The molecule has 3 heteroatoms. The lowest BCUT2D eigenvalue weighted by Crippen LogP contribution is -2.15. The van der Waals surface area contributed by atoms with E-state index in [1.165, 1.54) is 0 Å². The van der Waals surface area contributed by atoms with Gasteiger partial charge in [-0.3, -0.25) is 4.79 Å². The molecule has 19 heavy (non-hydrogen) atoms. The summed E-state index contributed by atoms with van der Waals surface area (Å²) in [7, 11) is 0. The Morgan fingerprint density at radius 2 is 1.68 bits per heavy atom. The number of aliphatic hydroxyl groups is 1. The van der Waals surface area contributed by atoms with Crippen LogP contribution in [0.4, 0.5) is 0 Å². The number of hydrogen-bond donors (Lipinski definition) is 2. The summed E-state index contributed by atoms with van der Waals surface area (Å²) in [5, 5.41) is 18.3. The molecule has 0 saturated heterocycles. The van der Waals surface area contributed by atoms with Crippen molar-refractivity contribution < 1.29 is 15.0 Å². The van der Waals surface area contributed by atoms with Crippen molar-refractivity contribution in [1.29, 1.82) is 0 Å². The first-order chi connectivity index (χ1) is 9.15. The van der Waals surface area contributed by atoms with Crippen LogP contribution in [0.5, 0.6) is 0 Å². The predicted octanol–water partition coefficient (Wildman–Crippen LogP) is 2.73. The van der Waals surface area contributed by atoms with Gasteiger partial charge in [-0.05, 0) is 23.1 Å². The second-order valence-corrected chi connectivity index (χ2v) is 4.52. The highest BCUT2D eigenvalue weighted by atomic mass is 16.4. The van der Waals surface area contributed by atoms with Gasteiger partial charge in [0.2, 0.25) is 0 Å². The Morgan fingerprint density at radius 3 is 2.37 bits per heavy atom. The fourth-order valence-electron chi connectivity index (χ4n) is 2.05. The van der Waals surface area contributed by atoms with E-state index in [4.69, 9.17) is 5.11 Å². The molecule has 0 saturated carbocycles. The summed E-state index contributed by atoms with van der Waals surface area (Å²) >= 11 is 0. The summed E-state index contributed by atoms with van der Waals surface area (Å²) < 4.78 is 0. The van der Waals surface area contributed by atoms with Gasteiger partial charge in [-0.15, -0.1) is 0 Å². The third-order valence-corrected chi connectivity index (χ3v) is 2.92. The van der Waals surface area contributed by atoms with Crippen LogP contribution < -0.4 is 0 Å². The normalized spacial score (nSPS) is 12.1. The molecular formula is C16H16O3. The molecule has 0 aromatic heterocycles. The standard InChI is InChI=1S/C16H16O3/c17-15(11-16(18)19)10-12-5-4-8-14(9-12)13-6-2-1-3-7-13/h1-9,15,17H,10-11H2,(H,18,19)/t15-/m0/s1. The molecule has 0 fully saturated rings. The van der Waals surface area contributed by atoms with Crippen molar-refractivity contribution in [2.45, 2.75) is 18.9 Å². The van der Waals surface area contributed by atoms with Crippen molar-refractivity contribution in [1.82, 2.24) is 0 Å². The second kappa shape index (κ2) is 6.16. The summed E-state index contributed by atoms with van der Waals surface area (Å²) in [5.41, 5.74) is 3.12. The molecule has 3 nitrogen and oxygen atoms in total. The van der Waals surface area contributed by atoms with Gasteiger partial charge in [0.15, 0.2) is 0 Å². The molecule has 0 aliphatic heterocycles. The Labute approximate surface area is 112 Å². The van der Waals surface area contributed by atoms with Gasteiger partial charge in [0.1, 0.15) is 0 Å².